The van der Waals surface area contributed by atoms with Gasteiger partial charge in [-0.25, -0.2) is 4.98 Å². The Morgan fingerprint density at radius 1 is 1.16 bits per heavy atom. The first kappa shape index (κ1) is 22.0. The SMILES string of the molecule is CCOc1ccccc1-c1nc(CC(=O)N2CCC(C(=O)Nc3ccncc3)CC2)cs1. The number of anilines is 1. The number of nitrogens with one attached hydrogen (secondary N) is 1. The number of ether oxygens (including phenoxy) is 1. The Bertz CT molecular complexity index is 1060. The molecule has 1 N–H and O–H groups in total. The molecule has 3 aromatic rings. The van der Waals surface area contributed by atoms with Crippen LogP contribution >= 0.6 is 11.3 Å². The minimum atomic E-state index is -0.0897. The zero-order valence-electron chi connectivity index (χ0n) is 18.0. The van der Waals surface area contributed by atoms with E-state index in [1.807, 2.05) is 41.5 Å². The molecule has 0 unspecified atom stereocenters. The second-order valence-electron chi connectivity index (χ2n) is 7.63. The molecule has 2 amide bonds. The smallest absolute Gasteiger partial charge is 0.228 e. The quantitative estimate of drug-likeness (QED) is 0.588. The van der Waals surface area contributed by atoms with Crippen LogP contribution in [0.5, 0.6) is 5.75 Å². The highest BCUT2D eigenvalue weighted by Gasteiger charge is 2.27. The summed E-state index contributed by atoms with van der Waals surface area (Å²) in [6, 6.07) is 11.3. The van der Waals surface area contributed by atoms with Crippen LogP contribution in [0.15, 0.2) is 54.2 Å². The molecule has 1 aliphatic heterocycles. The molecule has 0 spiro atoms. The fourth-order valence-corrected chi connectivity index (χ4v) is 4.62. The zero-order valence-corrected chi connectivity index (χ0v) is 18.8. The van der Waals surface area contributed by atoms with E-state index in [0.29, 0.717) is 32.5 Å². The number of para-hydroxylation sites is 1. The summed E-state index contributed by atoms with van der Waals surface area (Å²) in [6.45, 7) is 3.70. The van der Waals surface area contributed by atoms with Crippen LogP contribution in [0.1, 0.15) is 25.5 Å². The Balaban J connectivity index is 1.31. The Kier molecular flexibility index (Phi) is 7.11. The third-order valence-corrected chi connectivity index (χ3v) is 6.39. The van der Waals surface area contributed by atoms with E-state index in [4.69, 9.17) is 4.74 Å². The Morgan fingerprint density at radius 2 is 1.91 bits per heavy atom. The number of carbonyl (C=O) groups excluding carboxylic acids is 2. The molecule has 32 heavy (non-hydrogen) atoms. The minimum absolute atomic E-state index is 0.000375. The van der Waals surface area contributed by atoms with E-state index in [-0.39, 0.29) is 24.2 Å². The van der Waals surface area contributed by atoms with Gasteiger partial charge in [-0.2, -0.15) is 0 Å². The van der Waals surface area contributed by atoms with Crippen molar-refractivity contribution in [3.05, 3.63) is 59.9 Å². The van der Waals surface area contributed by atoms with Gasteiger partial charge in [0.2, 0.25) is 11.8 Å². The van der Waals surface area contributed by atoms with E-state index in [1.54, 1.807) is 24.5 Å². The van der Waals surface area contributed by atoms with Crippen LogP contribution in [0.25, 0.3) is 10.6 Å². The number of likely N-dealkylation sites (tertiary alicyclic amines) is 1. The van der Waals surface area contributed by atoms with Gasteiger partial charge in [-0.1, -0.05) is 12.1 Å². The van der Waals surface area contributed by atoms with Gasteiger partial charge in [-0.3, -0.25) is 14.6 Å². The number of rotatable bonds is 7. The molecule has 7 nitrogen and oxygen atoms in total. The average Bonchev–Trinajstić information content (AvgIpc) is 3.28. The molecule has 1 fully saturated rings. The maximum atomic E-state index is 12.8. The highest BCUT2D eigenvalue weighted by molar-refractivity contribution is 7.13. The first-order valence-electron chi connectivity index (χ1n) is 10.8. The summed E-state index contributed by atoms with van der Waals surface area (Å²) >= 11 is 1.52. The van der Waals surface area contributed by atoms with Crippen LogP contribution in [0.4, 0.5) is 5.69 Å². The summed E-state index contributed by atoms with van der Waals surface area (Å²) in [5.74, 6) is 0.760. The largest absolute Gasteiger partial charge is 0.493 e. The number of hydrogen-bond acceptors (Lipinski definition) is 6. The molecule has 0 aliphatic carbocycles. The monoisotopic (exact) mass is 450 g/mol. The number of piperidine rings is 1. The predicted octanol–water partition coefficient (Wildman–Crippen LogP) is 4.02. The molecular formula is C24H26N4O3S. The predicted molar refractivity (Wildman–Crippen MR) is 125 cm³/mol. The number of thiazole rings is 1. The van der Waals surface area contributed by atoms with Crippen molar-refractivity contribution in [2.75, 3.05) is 25.0 Å². The highest BCUT2D eigenvalue weighted by Crippen LogP contribution is 2.32. The van der Waals surface area contributed by atoms with Crippen molar-refractivity contribution >= 4 is 28.8 Å². The minimum Gasteiger partial charge on any atom is -0.493 e. The van der Waals surface area contributed by atoms with Gasteiger partial charge in [-0.05, 0) is 44.0 Å². The normalized spacial score (nSPS) is 14.2. The Hall–Kier alpha value is -3.26. The van der Waals surface area contributed by atoms with Crippen LogP contribution in [0.2, 0.25) is 0 Å². The second-order valence-corrected chi connectivity index (χ2v) is 8.49. The van der Waals surface area contributed by atoms with Crippen molar-refractivity contribution in [1.82, 2.24) is 14.9 Å². The number of pyridine rings is 1. The van der Waals surface area contributed by atoms with Crippen molar-refractivity contribution in [3.63, 3.8) is 0 Å². The van der Waals surface area contributed by atoms with Crippen LogP contribution < -0.4 is 10.1 Å². The third kappa shape index (κ3) is 5.31. The fourth-order valence-electron chi connectivity index (χ4n) is 3.77. The van der Waals surface area contributed by atoms with Gasteiger partial charge in [0.25, 0.3) is 0 Å². The molecule has 166 valence electrons. The van der Waals surface area contributed by atoms with Gasteiger partial charge in [0.15, 0.2) is 0 Å². The maximum absolute atomic E-state index is 12.8. The molecule has 1 aromatic carbocycles. The summed E-state index contributed by atoms with van der Waals surface area (Å²) in [5.41, 5.74) is 2.45. The van der Waals surface area contributed by atoms with Gasteiger partial charge >= 0.3 is 0 Å². The van der Waals surface area contributed by atoms with Crippen LogP contribution in [-0.4, -0.2) is 46.4 Å². The molecule has 1 aliphatic rings. The van der Waals surface area contributed by atoms with Crippen molar-refractivity contribution < 1.29 is 14.3 Å². The maximum Gasteiger partial charge on any atom is 0.228 e. The first-order chi connectivity index (χ1) is 15.6. The molecule has 0 atom stereocenters. The van der Waals surface area contributed by atoms with Crippen molar-refractivity contribution in [2.45, 2.75) is 26.2 Å². The van der Waals surface area contributed by atoms with E-state index in [9.17, 15) is 9.59 Å². The van der Waals surface area contributed by atoms with E-state index < -0.39 is 0 Å². The van der Waals surface area contributed by atoms with Crippen molar-refractivity contribution in [1.29, 1.82) is 0 Å². The summed E-state index contributed by atoms with van der Waals surface area (Å²) < 4.78 is 5.70. The molecule has 0 saturated carbocycles. The number of aromatic nitrogens is 2. The third-order valence-electron chi connectivity index (χ3n) is 5.47. The second kappa shape index (κ2) is 10.4. The lowest BCUT2D eigenvalue weighted by Crippen LogP contribution is -2.42. The van der Waals surface area contributed by atoms with E-state index in [2.05, 4.69) is 15.3 Å². The standard InChI is InChI=1S/C24H26N4O3S/c1-2-31-21-6-4-3-5-20(21)24-27-19(16-32-24)15-22(29)28-13-9-17(10-14-28)23(30)26-18-7-11-25-12-8-18/h3-8,11-12,16-17H,2,9-10,13-15H2,1H3,(H,25,26,30). The molecule has 0 radical (unpaired) electrons. The van der Waals surface area contributed by atoms with E-state index in [0.717, 1.165) is 27.7 Å². The van der Waals surface area contributed by atoms with Gasteiger partial charge in [0, 0.05) is 42.5 Å². The topological polar surface area (TPSA) is 84.4 Å². The van der Waals surface area contributed by atoms with Crippen LogP contribution in [0.3, 0.4) is 0 Å². The van der Waals surface area contributed by atoms with Gasteiger partial charge in [-0.15, -0.1) is 11.3 Å². The van der Waals surface area contributed by atoms with Gasteiger partial charge < -0.3 is 15.0 Å². The van der Waals surface area contributed by atoms with E-state index >= 15 is 0 Å². The average molecular weight is 451 g/mol. The number of amides is 2. The molecule has 0 bridgehead atoms. The molecule has 2 aromatic heterocycles. The molecule has 8 heteroatoms. The number of hydrogen-bond donors (Lipinski definition) is 1. The molecule has 3 heterocycles. The number of carbonyl (C=O) groups is 2. The summed E-state index contributed by atoms with van der Waals surface area (Å²) in [4.78, 5) is 35.8. The zero-order chi connectivity index (χ0) is 22.3. The van der Waals surface area contributed by atoms with E-state index in [1.165, 1.54) is 11.3 Å². The number of nitrogens with zero attached hydrogens (tertiary/aromatic N) is 3. The Labute approximate surface area is 191 Å². The summed E-state index contributed by atoms with van der Waals surface area (Å²) in [6.07, 6.45) is 4.88. The van der Waals surface area contributed by atoms with Crippen molar-refractivity contribution in [2.24, 2.45) is 5.92 Å². The lowest BCUT2D eigenvalue weighted by molar-refractivity contribution is -0.133. The van der Waals surface area contributed by atoms with Crippen LogP contribution in [0, 0.1) is 5.92 Å². The lowest BCUT2D eigenvalue weighted by atomic mass is 9.95. The van der Waals surface area contributed by atoms with Crippen molar-refractivity contribution in [3.8, 4) is 16.3 Å². The Morgan fingerprint density at radius 3 is 2.66 bits per heavy atom. The highest BCUT2D eigenvalue weighted by atomic mass is 32.1. The molecule has 4 rings (SSSR count). The number of benzene rings is 1. The van der Waals surface area contributed by atoms with Crippen LogP contribution in [-0.2, 0) is 16.0 Å². The molecular weight excluding hydrogens is 424 g/mol. The molecule has 1 saturated heterocycles. The first-order valence-corrected chi connectivity index (χ1v) is 11.7. The van der Waals surface area contributed by atoms with Gasteiger partial charge in [0.1, 0.15) is 10.8 Å². The van der Waals surface area contributed by atoms with Gasteiger partial charge in [0.05, 0.1) is 24.3 Å². The lowest BCUT2D eigenvalue weighted by Gasteiger charge is -2.31. The summed E-state index contributed by atoms with van der Waals surface area (Å²) in [5, 5.41) is 5.71. The fraction of sp³-hybridized carbons (Fsp3) is 0.333. The summed E-state index contributed by atoms with van der Waals surface area (Å²) in [7, 11) is 0.